The highest BCUT2D eigenvalue weighted by Gasteiger charge is 2.25. The van der Waals surface area contributed by atoms with Crippen LogP contribution in [-0.4, -0.2) is 20.1 Å². The number of hydrogen-bond acceptors (Lipinski definition) is 7. The van der Waals surface area contributed by atoms with E-state index in [1.54, 1.807) is 12.3 Å². The zero-order valence-corrected chi connectivity index (χ0v) is 19.6. The van der Waals surface area contributed by atoms with Crippen molar-refractivity contribution in [2.24, 2.45) is 0 Å². The standard InChI is InChI=1S/C26H26N6O2/c1-5-32-18-9-7-6-8-16(18)17-11-10-15(14-19(17)32)28-25-27-13-12-20(30-25)29-21-22(24(34)23(21)33)31-26(2,3)4/h6-14,31H,5H2,1-4H3,(H2,27,28,29,30). The third kappa shape index (κ3) is 3.77. The second kappa shape index (κ2) is 7.98. The third-order valence-electron chi connectivity index (χ3n) is 5.66. The highest BCUT2D eigenvalue weighted by atomic mass is 16.2. The zero-order chi connectivity index (χ0) is 24.0. The summed E-state index contributed by atoms with van der Waals surface area (Å²) in [5, 5.41) is 11.7. The number of fused-ring (bicyclic) bond motifs is 3. The molecular weight excluding hydrogens is 428 g/mol. The van der Waals surface area contributed by atoms with Crippen LogP contribution in [0.5, 0.6) is 0 Å². The van der Waals surface area contributed by atoms with E-state index in [0.29, 0.717) is 11.8 Å². The first-order chi connectivity index (χ1) is 16.2. The molecule has 0 spiro atoms. The molecule has 34 heavy (non-hydrogen) atoms. The lowest BCUT2D eigenvalue weighted by Gasteiger charge is -2.24. The van der Waals surface area contributed by atoms with Crippen LogP contribution in [0.15, 0.2) is 64.3 Å². The molecule has 8 heteroatoms. The molecule has 2 aromatic heterocycles. The van der Waals surface area contributed by atoms with Crippen molar-refractivity contribution in [3.05, 3.63) is 75.2 Å². The Kier molecular flexibility index (Phi) is 5.08. The van der Waals surface area contributed by atoms with Gasteiger partial charge in [-0.25, -0.2) is 4.98 Å². The number of benzene rings is 2. The van der Waals surface area contributed by atoms with Gasteiger partial charge in [-0.2, -0.15) is 4.98 Å². The molecule has 0 atom stereocenters. The van der Waals surface area contributed by atoms with Crippen LogP contribution in [0.4, 0.5) is 28.8 Å². The van der Waals surface area contributed by atoms with Gasteiger partial charge in [-0.3, -0.25) is 9.59 Å². The Balaban J connectivity index is 1.43. The average Bonchev–Trinajstić information content (AvgIpc) is 3.13. The van der Waals surface area contributed by atoms with E-state index >= 15 is 0 Å². The molecule has 8 nitrogen and oxygen atoms in total. The summed E-state index contributed by atoms with van der Waals surface area (Å²) >= 11 is 0. The lowest BCUT2D eigenvalue weighted by atomic mass is 10.1. The van der Waals surface area contributed by atoms with Crippen molar-refractivity contribution < 1.29 is 0 Å². The van der Waals surface area contributed by atoms with E-state index in [4.69, 9.17) is 0 Å². The maximum atomic E-state index is 12.1. The van der Waals surface area contributed by atoms with Crippen molar-refractivity contribution in [1.29, 1.82) is 0 Å². The Morgan fingerprint density at radius 3 is 2.38 bits per heavy atom. The van der Waals surface area contributed by atoms with Crippen LogP contribution in [0.1, 0.15) is 27.7 Å². The molecule has 0 radical (unpaired) electrons. The van der Waals surface area contributed by atoms with Crippen LogP contribution < -0.4 is 26.8 Å². The molecule has 0 bridgehead atoms. The number of rotatable bonds is 6. The monoisotopic (exact) mass is 454 g/mol. The van der Waals surface area contributed by atoms with Gasteiger partial charge in [-0.1, -0.05) is 24.3 Å². The molecule has 3 aromatic carbocycles. The minimum Gasteiger partial charge on any atom is -0.375 e. The van der Waals surface area contributed by atoms with E-state index in [2.05, 4.69) is 73.8 Å². The first-order valence-corrected chi connectivity index (χ1v) is 11.2. The second-order valence-corrected chi connectivity index (χ2v) is 9.29. The van der Waals surface area contributed by atoms with Gasteiger partial charge in [0.25, 0.3) is 10.9 Å². The molecule has 0 saturated heterocycles. The van der Waals surface area contributed by atoms with E-state index in [9.17, 15) is 9.59 Å². The van der Waals surface area contributed by atoms with Gasteiger partial charge < -0.3 is 20.5 Å². The maximum Gasteiger partial charge on any atom is 0.253 e. The largest absolute Gasteiger partial charge is 0.375 e. The van der Waals surface area contributed by atoms with Crippen LogP contribution in [0, 0.1) is 0 Å². The van der Waals surface area contributed by atoms with E-state index in [-0.39, 0.29) is 16.9 Å². The molecule has 3 N–H and O–H groups in total. The quantitative estimate of drug-likeness (QED) is 0.314. The fourth-order valence-electron chi connectivity index (χ4n) is 4.22. The lowest BCUT2D eigenvalue weighted by Crippen LogP contribution is -2.41. The highest BCUT2D eigenvalue weighted by molar-refractivity contribution is 6.08. The van der Waals surface area contributed by atoms with Gasteiger partial charge in [0, 0.05) is 40.3 Å². The molecule has 0 saturated carbocycles. The summed E-state index contributed by atoms with van der Waals surface area (Å²) < 4.78 is 2.28. The third-order valence-corrected chi connectivity index (χ3v) is 5.66. The van der Waals surface area contributed by atoms with E-state index < -0.39 is 10.9 Å². The molecule has 0 aliphatic rings. The summed E-state index contributed by atoms with van der Waals surface area (Å²) in [4.78, 5) is 32.9. The molecule has 0 fully saturated rings. The normalized spacial score (nSPS) is 11.9. The molecule has 172 valence electrons. The lowest BCUT2D eigenvalue weighted by molar-refractivity contribution is 0.632. The van der Waals surface area contributed by atoms with Crippen molar-refractivity contribution in [3.63, 3.8) is 0 Å². The Bertz CT molecular complexity index is 1600. The number of nitrogens with zero attached hydrogens (tertiary/aromatic N) is 3. The average molecular weight is 455 g/mol. The first kappa shape index (κ1) is 21.6. The van der Waals surface area contributed by atoms with Gasteiger partial charge in [0.15, 0.2) is 0 Å². The van der Waals surface area contributed by atoms with Crippen LogP contribution >= 0.6 is 0 Å². The van der Waals surface area contributed by atoms with Crippen LogP contribution in [0.2, 0.25) is 0 Å². The van der Waals surface area contributed by atoms with Crippen molar-refractivity contribution in [1.82, 2.24) is 14.5 Å². The van der Waals surface area contributed by atoms with E-state index in [1.165, 1.54) is 16.3 Å². The minimum atomic E-state index is -0.558. The molecule has 0 aliphatic carbocycles. The Hall–Kier alpha value is -4.20. The van der Waals surface area contributed by atoms with Crippen molar-refractivity contribution in [2.75, 3.05) is 16.0 Å². The van der Waals surface area contributed by atoms with Gasteiger partial charge in [-0.15, -0.1) is 0 Å². The number of aromatic nitrogens is 3. The molecule has 0 amide bonds. The summed E-state index contributed by atoms with van der Waals surface area (Å²) in [5.74, 6) is 0.804. The van der Waals surface area contributed by atoms with Gasteiger partial charge in [-0.05, 0) is 52.0 Å². The Labute approximate surface area is 196 Å². The van der Waals surface area contributed by atoms with Crippen molar-refractivity contribution in [3.8, 4) is 0 Å². The molecular formula is C26H26N6O2. The molecule has 5 rings (SSSR count). The van der Waals surface area contributed by atoms with E-state index in [0.717, 1.165) is 17.7 Å². The van der Waals surface area contributed by atoms with Crippen LogP contribution in [0.3, 0.4) is 0 Å². The van der Waals surface area contributed by atoms with Crippen LogP contribution in [-0.2, 0) is 6.54 Å². The molecule has 0 unspecified atom stereocenters. The van der Waals surface area contributed by atoms with E-state index in [1.807, 2.05) is 26.8 Å². The SMILES string of the molecule is CCn1c2ccccc2c2ccc(Nc3nccc(Nc4c(NC(C)(C)C)c(=O)c4=O)n3)cc21. The zero-order valence-electron chi connectivity index (χ0n) is 19.6. The number of aryl methyl sites for hydroxylation is 1. The summed E-state index contributed by atoms with van der Waals surface area (Å²) in [6.45, 7) is 8.77. The minimum absolute atomic E-state index is 0.221. The molecule has 0 aliphatic heterocycles. The summed E-state index contributed by atoms with van der Waals surface area (Å²) in [5.41, 5.74) is 2.25. The summed E-state index contributed by atoms with van der Waals surface area (Å²) in [6, 6.07) is 16.2. The predicted octanol–water partition coefficient (Wildman–Crippen LogP) is 4.90. The number of hydrogen-bond donors (Lipinski definition) is 3. The Morgan fingerprint density at radius 1 is 0.882 bits per heavy atom. The number of anilines is 5. The van der Waals surface area contributed by atoms with Gasteiger partial charge in [0.2, 0.25) is 5.95 Å². The Morgan fingerprint density at radius 2 is 1.62 bits per heavy atom. The summed E-state index contributed by atoms with van der Waals surface area (Å²) in [7, 11) is 0. The van der Waals surface area contributed by atoms with Crippen molar-refractivity contribution in [2.45, 2.75) is 39.8 Å². The van der Waals surface area contributed by atoms with Gasteiger partial charge in [0.1, 0.15) is 17.2 Å². The van der Waals surface area contributed by atoms with Gasteiger partial charge >= 0.3 is 0 Å². The number of para-hydroxylation sites is 1. The fraction of sp³-hybridized carbons (Fsp3) is 0.231. The second-order valence-electron chi connectivity index (χ2n) is 9.29. The number of nitrogens with one attached hydrogen (secondary N) is 3. The molecule has 5 aromatic rings. The topological polar surface area (TPSA) is 101 Å². The smallest absolute Gasteiger partial charge is 0.253 e. The summed E-state index contributed by atoms with van der Waals surface area (Å²) in [6.07, 6.45) is 1.60. The predicted molar refractivity (Wildman–Crippen MR) is 138 cm³/mol. The van der Waals surface area contributed by atoms with Crippen LogP contribution in [0.25, 0.3) is 21.8 Å². The van der Waals surface area contributed by atoms with Gasteiger partial charge in [0.05, 0.1) is 5.52 Å². The molecule has 2 heterocycles. The fourth-order valence-corrected chi connectivity index (χ4v) is 4.22. The maximum absolute atomic E-state index is 12.1. The first-order valence-electron chi connectivity index (χ1n) is 11.2. The van der Waals surface area contributed by atoms with Crippen molar-refractivity contribution >= 4 is 50.6 Å². The highest BCUT2D eigenvalue weighted by Crippen LogP contribution is 2.31.